The Morgan fingerprint density at radius 2 is 1.94 bits per heavy atom. The van der Waals surface area contributed by atoms with E-state index in [9.17, 15) is 4.79 Å². The van der Waals surface area contributed by atoms with Crippen molar-refractivity contribution in [3.05, 3.63) is 59.4 Å². The smallest absolute Gasteiger partial charge is 0.237 e. The van der Waals surface area contributed by atoms with Crippen molar-refractivity contribution < 1.29 is 9.53 Å². The van der Waals surface area contributed by atoms with Gasteiger partial charge in [0.1, 0.15) is 5.75 Å². The lowest BCUT2D eigenvalue weighted by molar-refractivity contribution is -0.115. The number of nitrogens with zero attached hydrogens (tertiary/aromatic N) is 3. The van der Waals surface area contributed by atoms with Crippen LogP contribution >= 0.6 is 11.8 Å². The third-order valence-electron chi connectivity index (χ3n) is 6.49. The van der Waals surface area contributed by atoms with E-state index in [1.807, 2.05) is 50.2 Å². The second-order valence-corrected chi connectivity index (χ2v) is 10.5. The van der Waals surface area contributed by atoms with Crippen molar-refractivity contribution in [3.63, 3.8) is 0 Å². The summed E-state index contributed by atoms with van der Waals surface area (Å²) in [6, 6.07) is 14.3. The standard InChI is InChI=1S/C27H35N5O2S/c1-18-13-14-24(19(2)15-18)29-26(33)20(3)35-27-31-30-25(32(27)22-10-6-5-7-11-22)17-28-21-9-8-12-23(16-21)34-4/h8-9,12-16,20,22,28H,5-7,10-11,17H2,1-4H3,(H,29,33). The first-order chi connectivity index (χ1) is 16.9. The molecular formula is C27H35N5O2S. The summed E-state index contributed by atoms with van der Waals surface area (Å²) in [5.41, 5.74) is 4.06. The highest BCUT2D eigenvalue weighted by Crippen LogP contribution is 2.34. The Kier molecular flexibility index (Phi) is 8.33. The fraction of sp³-hybridized carbons (Fsp3) is 0.444. The van der Waals surface area contributed by atoms with E-state index in [2.05, 4.69) is 38.4 Å². The van der Waals surface area contributed by atoms with Crippen molar-refractivity contribution in [2.24, 2.45) is 0 Å². The first-order valence-corrected chi connectivity index (χ1v) is 13.2. The van der Waals surface area contributed by atoms with Crippen LogP contribution in [0, 0.1) is 13.8 Å². The molecule has 4 rings (SSSR count). The molecule has 1 amide bonds. The number of rotatable bonds is 9. The average molecular weight is 494 g/mol. The van der Waals surface area contributed by atoms with Crippen molar-refractivity contribution in [1.29, 1.82) is 0 Å². The molecule has 2 aromatic carbocycles. The van der Waals surface area contributed by atoms with E-state index in [1.54, 1.807) is 7.11 Å². The molecule has 0 saturated heterocycles. The number of benzene rings is 2. The Hall–Kier alpha value is -3.00. The maximum atomic E-state index is 13.0. The third-order valence-corrected chi connectivity index (χ3v) is 7.54. The van der Waals surface area contributed by atoms with Crippen LogP contribution in [-0.2, 0) is 11.3 Å². The molecule has 3 aromatic rings. The van der Waals surface area contributed by atoms with Crippen LogP contribution in [0.25, 0.3) is 0 Å². The highest BCUT2D eigenvalue weighted by atomic mass is 32.2. The number of hydrogen-bond donors (Lipinski definition) is 2. The molecule has 186 valence electrons. The van der Waals surface area contributed by atoms with Crippen LogP contribution in [0.2, 0.25) is 0 Å². The highest BCUT2D eigenvalue weighted by Gasteiger charge is 2.26. The van der Waals surface area contributed by atoms with Gasteiger partial charge in [-0.2, -0.15) is 0 Å². The fourth-order valence-electron chi connectivity index (χ4n) is 4.53. The fourth-order valence-corrected chi connectivity index (χ4v) is 5.47. The molecule has 0 bridgehead atoms. The van der Waals surface area contributed by atoms with Gasteiger partial charge in [-0.3, -0.25) is 4.79 Å². The monoisotopic (exact) mass is 493 g/mol. The lowest BCUT2D eigenvalue weighted by Crippen LogP contribution is -2.24. The van der Waals surface area contributed by atoms with Crippen LogP contribution in [-0.4, -0.2) is 33.0 Å². The quantitative estimate of drug-likeness (QED) is 0.349. The van der Waals surface area contributed by atoms with Crippen LogP contribution in [0.3, 0.4) is 0 Å². The van der Waals surface area contributed by atoms with Crippen LogP contribution in [0.4, 0.5) is 11.4 Å². The predicted octanol–water partition coefficient (Wildman–Crippen LogP) is 6.14. The zero-order valence-corrected chi connectivity index (χ0v) is 21.8. The summed E-state index contributed by atoms with van der Waals surface area (Å²) < 4.78 is 7.60. The van der Waals surface area contributed by atoms with E-state index >= 15 is 0 Å². The van der Waals surface area contributed by atoms with Gasteiger partial charge in [0.15, 0.2) is 11.0 Å². The van der Waals surface area contributed by atoms with Gasteiger partial charge in [-0.05, 0) is 57.4 Å². The number of aryl methyl sites for hydroxylation is 2. The molecule has 1 atom stereocenters. The van der Waals surface area contributed by atoms with E-state index in [0.29, 0.717) is 12.6 Å². The van der Waals surface area contributed by atoms with Crippen LogP contribution < -0.4 is 15.4 Å². The molecule has 1 saturated carbocycles. The van der Waals surface area contributed by atoms with Crippen molar-refractivity contribution in [3.8, 4) is 5.75 Å². The summed E-state index contributed by atoms with van der Waals surface area (Å²) in [7, 11) is 1.67. The Morgan fingerprint density at radius 3 is 2.69 bits per heavy atom. The minimum Gasteiger partial charge on any atom is -0.497 e. The van der Waals surface area contributed by atoms with Gasteiger partial charge in [-0.25, -0.2) is 0 Å². The number of carbonyl (C=O) groups excluding carboxylic acids is 1. The minimum absolute atomic E-state index is 0.0313. The molecule has 1 unspecified atom stereocenters. The topological polar surface area (TPSA) is 81.1 Å². The van der Waals surface area contributed by atoms with E-state index in [4.69, 9.17) is 4.74 Å². The first-order valence-electron chi connectivity index (χ1n) is 12.3. The highest BCUT2D eigenvalue weighted by molar-refractivity contribution is 8.00. The van der Waals surface area contributed by atoms with E-state index in [-0.39, 0.29) is 11.2 Å². The van der Waals surface area contributed by atoms with Gasteiger partial charge in [0.25, 0.3) is 0 Å². The summed E-state index contributed by atoms with van der Waals surface area (Å²) in [6.07, 6.45) is 5.91. The van der Waals surface area contributed by atoms with Gasteiger partial charge in [0, 0.05) is 23.5 Å². The number of methoxy groups -OCH3 is 1. The zero-order chi connectivity index (χ0) is 24.8. The number of thioether (sulfide) groups is 1. The largest absolute Gasteiger partial charge is 0.497 e. The summed E-state index contributed by atoms with van der Waals surface area (Å²) in [6.45, 7) is 6.55. The lowest BCUT2D eigenvalue weighted by Gasteiger charge is -2.26. The summed E-state index contributed by atoms with van der Waals surface area (Å²) in [4.78, 5) is 13.0. The van der Waals surface area contributed by atoms with Crippen molar-refractivity contribution in [2.45, 2.75) is 75.9 Å². The van der Waals surface area contributed by atoms with Crippen molar-refractivity contribution in [2.75, 3.05) is 17.7 Å². The molecular weight excluding hydrogens is 458 g/mol. The lowest BCUT2D eigenvalue weighted by atomic mass is 9.95. The number of anilines is 2. The molecule has 35 heavy (non-hydrogen) atoms. The number of aromatic nitrogens is 3. The van der Waals surface area contributed by atoms with E-state index < -0.39 is 0 Å². The van der Waals surface area contributed by atoms with E-state index in [0.717, 1.165) is 46.5 Å². The van der Waals surface area contributed by atoms with Crippen molar-refractivity contribution >= 4 is 29.0 Å². The third kappa shape index (κ3) is 6.36. The molecule has 1 heterocycles. The minimum atomic E-state index is -0.304. The number of nitrogens with one attached hydrogen (secondary N) is 2. The number of carbonyl (C=O) groups is 1. The average Bonchev–Trinajstić information content (AvgIpc) is 3.27. The summed E-state index contributed by atoms with van der Waals surface area (Å²) >= 11 is 1.48. The van der Waals surface area contributed by atoms with E-state index in [1.165, 1.54) is 36.6 Å². The van der Waals surface area contributed by atoms with Gasteiger partial charge in [0.05, 0.1) is 18.9 Å². The van der Waals surface area contributed by atoms with Gasteiger partial charge >= 0.3 is 0 Å². The summed E-state index contributed by atoms with van der Waals surface area (Å²) in [5.74, 6) is 1.67. The van der Waals surface area contributed by atoms with Crippen molar-refractivity contribution in [1.82, 2.24) is 14.8 Å². The molecule has 0 aliphatic heterocycles. The molecule has 7 nitrogen and oxygen atoms in total. The molecule has 0 spiro atoms. The predicted molar refractivity (Wildman–Crippen MR) is 142 cm³/mol. The maximum absolute atomic E-state index is 13.0. The Balaban J connectivity index is 1.50. The Bertz CT molecular complexity index is 1160. The van der Waals surface area contributed by atoms with Crippen LogP contribution in [0.15, 0.2) is 47.6 Å². The maximum Gasteiger partial charge on any atom is 0.237 e. The first kappa shape index (κ1) is 25.1. The molecule has 1 fully saturated rings. The Morgan fingerprint density at radius 1 is 1.14 bits per heavy atom. The normalized spacial score (nSPS) is 15.0. The molecule has 2 N–H and O–H groups in total. The molecule has 1 aromatic heterocycles. The van der Waals surface area contributed by atoms with Gasteiger partial charge in [-0.1, -0.05) is 54.8 Å². The number of hydrogen-bond acceptors (Lipinski definition) is 6. The SMILES string of the molecule is COc1cccc(NCc2nnc(SC(C)C(=O)Nc3ccc(C)cc3C)n2C2CCCCC2)c1. The van der Waals surface area contributed by atoms with Gasteiger partial charge < -0.3 is 19.9 Å². The molecule has 8 heteroatoms. The molecule has 1 aliphatic carbocycles. The Labute approximate surface area is 212 Å². The number of amides is 1. The molecule has 1 aliphatic rings. The van der Waals surface area contributed by atoms with Crippen LogP contribution in [0.5, 0.6) is 5.75 Å². The zero-order valence-electron chi connectivity index (χ0n) is 21.0. The summed E-state index contributed by atoms with van der Waals surface area (Å²) in [5, 5.41) is 16.1. The second kappa shape index (κ2) is 11.6. The van der Waals surface area contributed by atoms with Crippen LogP contribution in [0.1, 0.15) is 62.0 Å². The van der Waals surface area contributed by atoms with Gasteiger partial charge in [-0.15, -0.1) is 10.2 Å². The number of ether oxygens (including phenoxy) is 1. The molecule has 0 radical (unpaired) electrons. The second-order valence-electron chi connectivity index (χ2n) is 9.21. The van der Waals surface area contributed by atoms with Gasteiger partial charge in [0.2, 0.25) is 5.91 Å².